The first-order valence-corrected chi connectivity index (χ1v) is 12.5. The average Bonchev–Trinajstić information content (AvgIpc) is 3.16. The molecule has 8 heteroatoms. The first-order chi connectivity index (χ1) is 13.3. The van der Waals surface area contributed by atoms with Crippen molar-refractivity contribution in [1.29, 1.82) is 0 Å². The fourth-order valence-corrected chi connectivity index (χ4v) is 6.96. The van der Waals surface area contributed by atoms with Crippen LogP contribution in [0.15, 0.2) is 59.5 Å². The normalized spacial score (nSPS) is 18.2. The molecule has 0 N–H and O–H groups in total. The summed E-state index contributed by atoms with van der Waals surface area (Å²) in [5.41, 5.74) is 0.900. The van der Waals surface area contributed by atoms with Gasteiger partial charge in [0.1, 0.15) is 5.75 Å². The monoisotopic (exact) mass is 423 g/mol. The second kappa shape index (κ2) is 8.63. The lowest BCUT2D eigenvalue weighted by atomic mass is 10.2. The van der Waals surface area contributed by atoms with Crippen LogP contribution < -0.4 is 4.74 Å². The van der Waals surface area contributed by atoms with Crippen LogP contribution in [-0.4, -0.2) is 52.3 Å². The van der Waals surface area contributed by atoms with E-state index in [2.05, 4.69) is 0 Å². The van der Waals surface area contributed by atoms with E-state index in [1.807, 2.05) is 12.1 Å². The highest BCUT2D eigenvalue weighted by Crippen LogP contribution is 2.25. The topological polar surface area (TPSA) is 80.8 Å². The van der Waals surface area contributed by atoms with Crippen LogP contribution in [0.25, 0.3) is 0 Å². The Morgan fingerprint density at radius 1 is 1.00 bits per heavy atom. The molecule has 1 unspecified atom stereocenters. The van der Waals surface area contributed by atoms with Crippen molar-refractivity contribution >= 4 is 19.9 Å². The van der Waals surface area contributed by atoms with Crippen molar-refractivity contribution in [3.05, 3.63) is 60.2 Å². The number of sulfone groups is 1. The molecule has 0 saturated carbocycles. The molecule has 1 heterocycles. The van der Waals surface area contributed by atoms with Crippen LogP contribution in [0, 0.1) is 0 Å². The quantitative estimate of drug-likeness (QED) is 0.652. The van der Waals surface area contributed by atoms with E-state index in [0.29, 0.717) is 25.8 Å². The van der Waals surface area contributed by atoms with Crippen LogP contribution in [0.3, 0.4) is 0 Å². The molecule has 2 aromatic rings. The molecule has 0 aromatic heterocycles. The zero-order valence-electron chi connectivity index (χ0n) is 15.8. The van der Waals surface area contributed by atoms with Crippen LogP contribution >= 0.6 is 0 Å². The number of ether oxygens (including phenoxy) is 1. The first kappa shape index (κ1) is 20.8. The van der Waals surface area contributed by atoms with E-state index in [9.17, 15) is 16.8 Å². The van der Waals surface area contributed by atoms with Crippen molar-refractivity contribution in [2.45, 2.75) is 30.2 Å². The Bertz CT molecular complexity index is 987. The summed E-state index contributed by atoms with van der Waals surface area (Å²) in [6.07, 6.45) is 1.62. The predicted molar refractivity (Wildman–Crippen MR) is 109 cm³/mol. The maximum Gasteiger partial charge on any atom is 0.214 e. The summed E-state index contributed by atoms with van der Waals surface area (Å²) < 4.78 is 57.6. The zero-order valence-corrected chi connectivity index (χ0v) is 17.5. The van der Waals surface area contributed by atoms with Gasteiger partial charge >= 0.3 is 0 Å². The van der Waals surface area contributed by atoms with Gasteiger partial charge in [-0.1, -0.05) is 30.3 Å². The third-order valence-corrected chi connectivity index (χ3v) is 8.73. The van der Waals surface area contributed by atoms with Gasteiger partial charge in [-0.25, -0.2) is 16.8 Å². The number of nitrogens with zero attached hydrogens (tertiary/aromatic N) is 1. The van der Waals surface area contributed by atoms with Gasteiger partial charge in [-0.3, -0.25) is 0 Å². The van der Waals surface area contributed by atoms with Gasteiger partial charge in [-0.05, 0) is 49.1 Å². The number of hydrogen-bond donors (Lipinski definition) is 0. The highest BCUT2D eigenvalue weighted by atomic mass is 32.2. The van der Waals surface area contributed by atoms with E-state index in [1.54, 1.807) is 49.6 Å². The Balaban J connectivity index is 1.68. The molecule has 3 rings (SSSR count). The van der Waals surface area contributed by atoms with Crippen molar-refractivity contribution in [1.82, 2.24) is 4.31 Å². The highest BCUT2D eigenvalue weighted by Gasteiger charge is 2.36. The lowest BCUT2D eigenvalue weighted by Gasteiger charge is -2.24. The van der Waals surface area contributed by atoms with Gasteiger partial charge in [0, 0.05) is 12.6 Å². The van der Waals surface area contributed by atoms with Gasteiger partial charge in [-0.2, -0.15) is 4.31 Å². The lowest BCUT2D eigenvalue weighted by molar-refractivity contribution is 0.407. The molecule has 0 spiro atoms. The number of sulfonamides is 1. The maximum absolute atomic E-state index is 12.9. The second-order valence-electron chi connectivity index (χ2n) is 6.92. The Labute approximate surface area is 167 Å². The fourth-order valence-electron chi connectivity index (χ4n) is 3.48. The molecule has 1 saturated heterocycles. The summed E-state index contributed by atoms with van der Waals surface area (Å²) in [4.78, 5) is 0.234. The molecule has 0 radical (unpaired) electrons. The molecule has 28 heavy (non-hydrogen) atoms. The Hall–Kier alpha value is -1.90. The minimum Gasteiger partial charge on any atom is -0.497 e. The van der Waals surface area contributed by atoms with Gasteiger partial charge in [0.25, 0.3) is 0 Å². The number of aryl methyl sites for hydroxylation is 1. The molecule has 0 bridgehead atoms. The molecule has 6 nitrogen and oxygen atoms in total. The van der Waals surface area contributed by atoms with Crippen molar-refractivity contribution in [3.8, 4) is 5.75 Å². The van der Waals surface area contributed by atoms with E-state index in [-0.39, 0.29) is 16.4 Å². The molecule has 0 amide bonds. The first-order valence-electron chi connectivity index (χ1n) is 9.22. The van der Waals surface area contributed by atoms with Crippen LogP contribution in [0.4, 0.5) is 0 Å². The van der Waals surface area contributed by atoms with Crippen LogP contribution in [0.1, 0.15) is 18.4 Å². The van der Waals surface area contributed by atoms with Crippen LogP contribution in [0.2, 0.25) is 0 Å². The smallest absolute Gasteiger partial charge is 0.214 e. The van der Waals surface area contributed by atoms with Crippen molar-refractivity contribution in [2.24, 2.45) is 0 Å². The van der Waals surface area contributed by atoms with Crippen molar-refractivity contribution in [3.63, 3.8) is 0 Å². The molecular weight excluding hydrogens is 398 g/mol. The van der Waals surface area contributed by atoms with Gasteiger partial charge in [-0.15, -0.1) is 0 Å². The Kier molecular flexibility index (Phi) is 6.42. The molecule has 1 atom stereocenters. The molecule has 1 aliphatic heterocycles. The van der Waals surface area contributed by atoms with Crippen molar-refractivity contribution in [2.75, 3.05) is 25.2 Å². The van der Waals surface area contributed by atoms with Crippen molar-refractivity contribution < 1.29 is 21.6 Å². The molecule has 152 valence electrons. The summed E-state index contributed by atoms with van der Waals surface area (Å²) in [5.74, 6) is 0.498. The van der Waals surface area contributed by atoms with E-state index >= 15 is 0 Å². The molecule has 2 aromatic carbocycles. The highest BCUT2D eigenvalue weighted by molar-refractivity contribution is 7.91. The van der Waals surface area contributed by atoms with E-state index in [0.717, 1.165) is 11.3 Å². The summed E-state index contributed by atoms with van der Waals surface area (Å²) in [5, 5.41) is 0. The maximum atomic E-state index is 12.9. The number of hydrogen-bond acceptors (Lipinski definition) is 5. The number of benzene rings is 2. The molecule has 1 fully saturated rings. The minimum absolute atomic E-state index is 0.0405. The molecular formula is C20H25NO5S2. The minimum atomic E-state index is -3.54. The molecule has 0 aliphatic carbocycles. The summed E-state index contributed by atoms with van der Waals surface area (Å²) in [7, 11) is -5.49. The Morgan fingerprint density at radius 3 is 2.32 bits per heavy atom. The summed E-state index contributed by atoms with van der Waals surface area (Å²) in [6, 6.07) is 15.0. The van der Waals surface area contributed by atoms with Gasteiger partial charge in [0.2, 0.25) is 10.0 Å². The Morgan fingerprint density at radius 2 is 1.68 bits per heavy atom. The predicted octanol–water partition coefficient (Wildman–Crippen LogP) is 2.51. The largest absolute Gasteiger partial charge is 0.497 e. The van der Waals surface area contributed by atoms with E-state index in [4.69, 9.17) is 4.74 Å². The summed E-state index contributed by atoms with van der Waals surface area (Å²) in [6.45, 7) is 0.375. The standard InChI is InChI=1S/C20H25NO5S2/c1-26-19-11-9-17(10-12-19)13-15-28(24,25)21-14-5-6-18(21)16-27(22,23)20-7-3-2-4-8-20/h2-4,7-12,18H,5-6,13-16H2,1H3. The fraction of sp³-hybridized carbons (Fsp3) is 0.400. The number of methoxy groups -OCH3 is 1. The summed E-state index contributed by atoms with van der Waals surface area (Å²) >= 11 is 0. The molecule has 1 aliphatic rings. The SMILES string of the molecule is COc1ccc(CCS(=O)(=O)N2CCCC2CS(=O)(=O)c2ccccc2)cc1. The van der Waals surface area contributed by atoms with Gasteiger partial charge in [0.05, 0.1) is 23.5 Å². The van der Waals surface area contributed by atoms with E-state index in [1.165, 1.54) is 4.31 Å². The van der Waals surface area contributed by atoms with Gasteiger partial charge < -0.3 is 4.74 Å². The lowest BCUT2D eigenvalue weighted by Crippen LogP contribution is -2.41. The third-order valence-electron chi connectivity index (χ3n) is 5.00. The van der Waals surface area contributed by atoms with E-state index < -0.39 is 25.9 Å². The van der Waals surface area contributed by atoms with Crippen LogP contribution in [-0.2, 0) is 26.3 Å². The third kappa shape index (κ3) is 4.92. The average molecular weight is 424 g/mol. The van der Waals surface area contributed by atoms with Crippen LogP contribution in [0.5, 0.6) is 5.75 Å². The van der Waals surface area contributed by atoms with Gasteiger partial charge in [0.15, 0.2) is 9.84 Å². The second-order valence-corrected chi connectivity index (χ2v) is 11.0. The zero-order chi connectivity index (χ0) is 20.2. The number of rotatable bonds is 8.